The van der Waals surface area contributed by atoms with Crippen LogP contribution < -0.4 is 14.8 Å². The van der Waals surface area contributed by atoms with Crippen LogP contribution in [-0.4, -0.2) is 35.6 Å². The van der Waals surface area contributed by atoms with Crippen LogP contribution in [-0.2, 0) is 22.4 Å². The number of rotatable bonds is 8. The van der Waals surface area contributed by atoms with E-state index >= 15 is 0 Å². The average molecular weight is 568 g/mol. The summed E-state index contributed by atoms with van der Waals surface area (Å²) in [5.41, 5.74) is 0.591. The van der Waals surface area contributed by atoms with Crippen molar-refractivity contribution in [2.24, 2.45) is 0 Å². The van der Waals surface area contributed by atoms with E-state index in [1.165, 1.54) is 13.2 Å². The van der Waals surface area contributed by atoms with E-state index in [4.69, 9.17) is 9.47 Å². The molecule has 0 atom stereocenters. The highest BCUT2D eigenvalue weighted by molar-refractivity contribution is 8.18. The quantitative estimate of drug-likeness (QED) is 0.341. The highest BCUT2D eigenvalue weighted by atomic mass is 32.2. The minimum atomic E-state index is -4.64. The first kappa shape index (κ1) is 28.3. The van der Waals surface area contributed by atoms with Gasteiger partial charge >= 0.3 is 6.18 Å². The van der Waals surface area contributed by atoms with Crippen LogP contribution in [0.3, 0.4) is 0 Å². The number of methoxy groups -OCH3 is 1. The molecule has 12 heteroatoms. The maximum absolute atomic E-state index is 13.1. The van der Waals surface area contributed by atoms with Crippen LogP contribution in [0.4, 0.5) is 23.7 Å². The molecule has 0 aliphatic carbocycles. The third kappa shape index (κ3) is 6.62. The second-order valence-electron chi connectivity index (χ2n) is 8.36. The second-order valence-corrected chi connectivity index (χ2v) is 9.35. The van der Waals surface area contributed by atoms with E-state index in [2.05, 4.69) is 11.4 Å². The third-order valence-electron chi connectivity index (χ3n) is 5.69. The molecule has 1 aliphatic rings. The van der Waals surface area contributed by atoms with Gasteiger partial charge in [-0.3, -0.25) is 19.3 Å². The fraction of sp³-hybridized carbons (Fsp3) is 0.143. The summed E-state index contributed by atoms with van der Waals surface area (Å²) in [6.45, 7) is -0.505. The van der Waals surface area contributed by atoms with Crippen molar-refractivity contribution in [2.75, 3.05) is 19.0 Å². The normalized spacial score (nSPS) is 14.3. The van der Waals surface area contributed by atoms with E-state index in [0.29, 0.717) is 39.6 Å². The van der Waals surface area contributed by atoms with Crippen molar-refractivity contribution in [1.29, 1.82) is 5.26 Å². The van der Waals surface area contributed by atoms with Crippen LogP contribution in [0.1, 0.15) is 22.3 Å². The summed E-state index contributed by atoms with van der Waals surface area (Å²) in [5, 5.41) is 10.8. The molecule has 1 saturated heterocycles. The molecule has 0 saturated carbocycles. The van der Waals surface area contributed by atoms with Crippen molar-refractivity contribution < 1.29 is 37.0 Å². The highest BCUT2D eigenvalue weighted by Gasteiger charge is 2.37. The number of alkyl halides is 3. The van der Waals surface area contributed by atoms with Gasteiger partial charge in [0, 0.05) is 5.56 Å². The van der Waals surface area contributed by atoms with Crippen molar-refractivity contribution in [2.45, 2.75) is 12.8 Å². The third-order valence-corrected chi connectivity index (χ3v) is 6.59. The Morgan fingerprint density at radius 1 is 1.10 bits per heavy atom. The lowest BCUT2D eigenvalue weighted by Gasteiger charge is -2.16. The number of hydrogen-bond acceptors (Lipinski definition) is 7. The van der Waals surface area contributed by atoms with Gasteiger partial charge in [-0.15, -0.1) is 0 Å². The molecule has 4 rings (SSSR count). The Morgan fingerprint density at radius 2 is 1.82 bits per heavy atom. The van der Waals surface area contributed by atoms with Crippen LogP contribution >= 0.6 is 11.8 Å². The van der Waals surface area contributed by atoms with Crippen LogP contribution in [0.5, 0.6) is 11.5 Å². The number of anilines is 1. The lowest BCUT2D eigenvalue weighted by Crippen LogP contribution is -2.36. The topological polar surface area (TPSA) is 109 Å². The van der Waals surface area contributed by atoms with Crippen LogP contribution in [0.25, 0.3) is 6.08 Å². The molecule has 40 heavy (non-hydrogen) atoms. The predicted molar refractivity (Wildman–Crippen MR) is 141 cm³/mol. The van der Waals surface area contributed by atoms with E-state index in [-0.39, 0.29) is 22.9 Å². The maximum Gasteiger partial charge on any atom is 0.416 e. The Labute approximate surface area is 231 Å². The van der Waals surface area contributed by atoms with Gasteiger partial charge < -0.3 is 14.8 Å². The van der Waals surface area contributed by atoms with Gasteiger partial charge in [0.25, 0.3) is 11.1 Å². The Balaban J connectivity index is 1.40. The predicted octanol–water partition coefficient (Wildman–Crippen LogP) is 5.84. The summed E-state index contributed by atoms with van der Waals surface area (Å²) in [6.07, 6.45) is -3.16. The molecule has 0 unspecified atom stereocenters. The number of halogens is 3. The van der Waals surface area contributed by atoms with Gasteiger partial charge in [0.1, 0.15) is 24.7 Å². The van der Waals surface area contributed by atoms with Gasteiger partial charge in [-0.2, -0.15) is 18.4 Å². The number of nitriles is 1. The zero-order valence-corrected chi connectivity index (χ0v) is 21.6. The number of benzene rings is 3. The lowest BCUT2D eigenvalue weighted by atomic mass is 10.1. The highest BCUT2D eigenvalue weighted by Crippen LogP contribution is 2.36. The number of hydrogen-bond donors (Lipinski definition) is 1. The maximum atomic E-state index is 13.1. The average Bonchev–Trinajstić information content (AvgIpc) is 3.19. The summed E-state index contributed by atoms with van der Waals surface area (Å²) >= 11 is 0.637. The van der Waals surface area contributed by atoms with Gasteiger partial charge in [0.2, 0.25) is 5.91 Å². The van der Waals surface area contributed by atoms with Gasteiger partial charge in [-0.1, -0.05) is 30.3 Å². The first-order valence-electron chi connectivity index (χ1n) is 11.6. The number of ether oxygens (including phenoxy) is 2. The van der Waals surface area contributed by atoms with E-state index in [1.807, 2.05) is 6.07 Å². The SMILES string of the molecule is COc1ccc(C(F)(F)F)cc1NC(=O)CN1C(=O)S/C(=C\c2ccc(OCc3ccccc3C#N)cc2)C1=O. The summed E-state index contributed by atoms with van der Waals surface area (Å²) < 4.78 is 50.0. The Hall–Kier alpha value is -4.76. The number of amides is 3. The molecule has 0 bridgehead atoms. The lowest BCUT2D eigenvalue weighted by molar-refractivity contribution is -0.137. The molecular weight excluding hydrogens is 547 g/mol. The molecule has 1 fully saturated rings. The molecule has 3 aromatic carbocycles. The van der Waals surface area contributed by atoms with Crippen LogP contribution in [0.15, 0.2) is 71.6 Å². The zero-order valence-electron chi connectivity index (χ0n) is 20.8. The second kappa shape index (κ2) is 12.0. The molecule has 1 aliphatic heterocycles. The smallest absolute Gasteiger partial charge is 0.416 e. The van der Waals surface area contributed by atoms with Gasteiger partial charge in [0.05, 0.1) is 34.9 Å². The molecule has 0 spiro atoms. The molecule has 8 nitrogen and oxygen atoms in total. The van der Waals surface area contributed by atoms with Crippen molar-refractivity contribution in [3.8, 4) is 17.6 Å². The fourth-order valence-corrected chi connectivity index (χ4v) is 4.52. The Kier molecular flexibility index (Phi) is 8.45. The fourth-order valence-electron chi connectivity index (χ4n) is 3.68. The largest absolute Gasteiger partial charge is 0.495 e. The van der Waals surface area contributed by atoms with Gasteiger partial charge in [-0.25, -0.2) is 0 Å². The summed E-state index contributed by atoms with van der Waals surface area (Å²) in [6, 6.07) is 18.4. The number of thioether (sulfide) groups is 1. The van der Waals surface area contributed by atoms with Crippen molar-refractivity contribution in [3.05, 3.63) is 93.9 Å². The minimum Gasteiger partial charge on any atom is -0.495 e. The van der Waals surface area contributed by atoms with E-state index in [9.17, 15) is 32.8 Å². The van der Waals surface area contributed by atoms with Crippen LogP contribution in [0, 0.1) is 11.3 Å². The summed E-state index contributed by atoms with van der Waals surface area (Å²) in [5.74, 6) is -1.08. The van der Waals surface area contributed by atoms with Crippen molar-refractivity contribution >= 4 is 40.6 Å². The molecule has 0 aromatic heterocycles. The van der Waals surface area contributed by atoms with Gasteiger partial charge in [-0.05, 0) is 59.8 Å². The molecule has 1 N–H and O–H groups in total. The monoisotopic (exact) mass is 567 g/mol. The van der Waals surface area contributed by atoms with Crippen molar-refractivity contribution in [3.63, 3.8) is 0 Å². The zero-order chi connectivity index (χ0) is 28.9. The number of nitrogens with zero attached hydrogens (tertiary/aromatic N) is 2. The summed E-state index contributed by atoms with van der Waals surface area (Å²) in [4.78, 5) is 38.6. The first-order valence-corrected chi connectivity index (χ1v) is 12.4. The molecule has 0 radical (unpaired) electrons. The minimum absolute atomic E-state index is 0.0166. The molecule has 204 valence electrons. The number of carbonyl (C=O) groups excluding carboxylic acids is 3. The van der Waals surface area contributed by atoms with E-state index < -0.39 is 35.3 Å². The molecular formula is C28H20F3N3O5S. The molecule has 3 aromatic rings. The number of nitrogens with one attached hydrogen (secondary N) is 1. The number of imide groups is 1. The Bertz CT molecular complexity index is 1530. The van der Waals surface area contributed by atoms with E-state index in [0.717, 1.165) is 17.7 Å². The van der Waals surface area contributed by atoms with Gasteiger partial charge in [0.15, 0.2) is 0 Å². The van der Waals surface area contributed by atoms with Crippen LogP contribution in [0.2, 0.25) is 0 Å². The van der Waals surface area contributed by atoms with Crippen molar-refractivity contribution in [1.82, 2.24) is 4.90 Å². The first-order chi connectivity index (χ1) is 19.1. The summed E-state index contributed by atoms with van der Waals surface area (Å²) in [7, 11) is 1.23. The standard InChI is InChI=1S/C28H20F3N3O5S/c1-38-23-11-8-20(28(29,30)31)13-22(23)33-25(35)15-34-26(36)24(40-27(34)37)12-17-6-9-21(10-7-17)39-16-19-5-3-2-4-18(19)14-32/h2-13H,15-16H2,1H3,(H,33,35)/b24-12-. The number of carbonyl (C=O) groups is 3. The molecule has 3 amide bonds. The Morgan fingerprint density at radius 3 is 2.50 bits per heavy atom. The van der Waals surface area contributed by atoms with E-state index in [1.54, 1.807) is 42.5 Å². The molecule has 1 heterocycles.